The summed E-state index contributed by atoms with van der Waals surface area (Å²) in [5, 5.41) is 9.31. The highest BCUT2D eigenvalue weighted by molar-refractivity contribution is 4.97. The predicted molar refractivity (Wildman–Crippen MR) is 61.4 cm³/mol. The fourth-order valence-electron chi connectivity index (χ4n) is 1.88. The van der Waals surface area contributed by atoms with Gasteiger partial charge in [-0.3, -0.25) is 0 Å². The summed E-state index contributed by atoms with van der Waals surface area (Å²) in [7, 11) is 2.10. The van der Waals surface area contributed by atoms with E-state index in [4.69, 9.17) is 0 Å². The molecule has 0 saturated carbocycles. The van der Waals surface area contributed by atoms with E-state index in [0.29, 0.717) is 0 Å². The van der Waals surface area contributed by atoms with Crippen molar-refractivity contribution in [2.24, 2.45) is 0 Å². The predicted octanol–water partition coefficient (Wildman–Crippen LogP) is 2.07. The van der Waals surface area contributed by atoms with Crippen molar-refractivity contribution in [2.75, 3.05) is 26.7 Å². The summed E-state index contributed by atoms with van der Waals surface area (Å²) in [6, 6.07) is 0. The van der Waals surface area contributed by atoms with Gasteiger partial charge in [0.25, 0.3) is 0 Å². The van der Waals surface area contributed by atoms with Gasteiger partial charge in [-0.15, -0.1) is 0 Å². The highest BCUT2D eigenvalue weighted by Crippen LogP contribution is 2.22. The molecule has 0 atom stereocenters. The molecule has 0 radical (unpaired) electrons. The van der Waals surface area contributed by atoms with Gasteiger partial charge in [-0.2, -0.15) is 0 Å². The number of nitrogens with zero attached hydrogens (tertiary/aromatic N) is 2. The van der Waals surface area contributed by atoms with Crippen molar-refractivity contribution >= 4 is 0 Å². The van der Waals surface area contributed by atoms with Crippen molar-refractivity contribution in [3.8, 4) is 0 Å². The van der Waals surface area contributed by atoms with Crippen LogP contribution in [0.5, 0.6) is 0 Å². The fourth-order valence-corrected chi connectivity index (χ4v) is 1.88. The molecule has 1 heterocycles. The van der Waals surface area contributed by atoms with E-state index in [-0.39, 0.29) is 11.4 Å². The third-order valence-electron chi connectivity index (χ3n) is 2.40. The lowest BCUT2D eigenvalue weighted by molar-refractivity contribution is 0.0231. The first-order valence-electron chi connectivity index (χ1n) is 5.27. The molecule has 1 saturated heterocycles. The zero-order chi connectivity index (χ0) is 11.4. The minimum atomic E-state index is -0.00116. The third-order valence-corrected chi connectivity index (χ3v) is 2.40. The quantitative estimate of drug-likeness (QED) is 0.656. The van der Waals surface area contributed by atoms with Gasteiger partial charge in [0, 0.05) is 19.6 Å². The van der Waals surface area contributed by atoms with Gasteiger partial charge in [0.15, 0.2) is 5.88 Å². The maximum atomic E-state index is 9.31. The van der Waals surface area contributed by atoms with E-state index in [9.17, 15) is 5.11 Å². The molecular weight excluding hydrogens is 176 g/mol. The van der Waals surface area contributed by atoms with E-state index >= 15 is 0 Å². The molecule has 1 rings (SSSR count). The van der Waals surface area contributed by atoms with Gasteiger partial charge in [-0.1, -0.05) is 13.8 Å². The molecule has 0 bridgehead atoms. The van der Waals surface area contributed by atoms with E-state index in [2.05, 4.69) is 32.4 Å². The first-order chi connectivity index (χ1) is 6.43. The molecule has 0 aromatic heterocycles. The van der Waals surface area contributed by atoms with Crippen LogP contribution in [-0.4, -0.2) is 47.1 Å². The Kier molecular flexibility index (Phi) is 4.99. The van der Waals surface area contributed by atoms with E-state index in [1.54, 1.807) is 0 Å². The van der Waals surface area contributed by atoms with E-state index < -0.39 is 0 Å². The average Bonchev–Trinajstić information content (AvgIpc) is 2.04. The van der Waals surface area contributed by atoms with Crippen LogP contribution in [0, 0.1) is 0 Å². The van der Waals surface area contributed by atoms with E-state index in [1.807, 2.05) is 18.7 Å². The lowest BCUT2D eigenvalue weighted by Crippen LogP contribution is -2.57. The van der Waals surface area contributed by atoms with Gasteiger partial charge < -0.3 is 14.9 Å². The largest absolute Gasteiger partial charge is 0.495 e. The molecule has 0 amide bonds. The number of likely N-dealkylation sites (N-methyl/N-ethyl adjacent to an activating group) is 1. The number of hydrogen-bond acceptors (Lipinski definition) is 3. The standard InChI is InChI=1S/C9H18N2O.C2H6/c1-8(12)11-6-5-10(4)7-9(11,2)3;1-2/h12H,1,5-7H2,2-4H3;1-2H3. The Labute approximate surface area is 88.0 Å². The van der Waals surface area contributed by atoms with Crippen molar-refractivity contribution < 1.29 is 5.11 Å². The first kappa shape index (κ1) is 13.3. The molecule has 1 N–H and O–H groups in total. The zero-order valence-corrected chi connectivity index (χ0v) is 10.2. The molecule has 3 heteroatoms. The third kappa shape index (κ3) is 3.22. The molecule has 14 heavy (non-hydrogen) atoms. The van der Waals surface area contributed by atoms with Crippen LogP contribution in [0.3, 0.4) is 0 Å². The lowest BCUT2D eigenvalue weighted by atomic mass is 10.00. The normalized spacial score (nSPS) is 21.1. The summed E-state index contributed by atoms with van der Waals surface area (Å²) >= 11 is 0. The Morgan fingerprint density at radius 2 is 1.79 bits per heavy atom. The van der Waals surface area contributed by atoms with Crippen molar-refractivity contribution in [3.05, 3.63) is 12.5 Å². The lowest BCUT2D eigenvalue weighted by Gasteiger charge is -2.46. The number of aliphatic hydroxyl groups is 1. The van der Waals surface area contributed by atoms with Crippen molar-refractivity contribution in [3.63, 3.8) is 0 Å². The second-order valence-electron chi connectivity index (χ2n) is 4.12. The molecular formula is C11H24N2O. The van der Waals surface area contributed by atoms with Crippen molar-refractivity contribution in [2.45, 2.75) is 33.2 Å². The van der Waals surface area contributed by atoms with Gasteiger partial charge in [-0.25, -0.2) is 0 Å². The van der Waals surface area contributed by atoms with Crippen LogP contribution in [-0.2, 0) is 0 Å². The Morgan fingerprint density at radius 1 is 1.29 bits per heavy atom. The van der Waals surface area contributed by atoms with Crippen LogP contribution in [0.1, 0.15) is 27.7 Å². The van der Waals surface area contributed by atoms with Crippen LogP contribution < -0.4 is 0 Å². The number of hydrogen-bond donors (Lipinski definition) is 1. The van der Waals surface area contributed by atoms with E-state index in [1.165, 1.54) is 0 Å². The molecule has 0 aliphatic carbocycles. The highest BCUT2D eigenvalue weighted by atomic mass is 16.3. The van der Waals surface area contributed by atoms with Crippen LogP contribution >= 0.6 is 0 Å². The summed E-state index contributed by atoms with van der Waals surface area (Å²) in [5.41, 5.74) is -0.00116. The highest BCUT2D eigenvalue weighted by Gasteiger charge is 2.32. The number of piperazine rings is 1. The number of rotatable bonds is 1. The summed E-state index contributed by atoms with van der Waals surface area (Å²) in [6.45, 7) is 14.6. The SMILES string of the molecule is C=C(O)N1CCN(C)CC1(C)C.CC. The van der Waals surface area contributed by atoms with Gasteiger partial charge in [0.05, 0.1) is 5.54 Å². The van der Waals surface area contributed by atoms with Gasteiger partial charge in [-0.05, 0) is 27.5 Å². The molecule has 84 valence electrons. The first-order valence-corrected chi connectivity index (χ1v) is 5.27. The maximum absolute atomic E-state index is 9.31. The summed E-state index contributed by atoms with van der Waals surface area (Å²) < 4.78 is 0. The summed E-state index contributed by atoms with van der Waals surface area (Å²) in [6.07, 6.45) is 0. The second kappa shape index (κ2) is 5.25. The monoisotopic (exact) mass is 200 g/mol. The Bertz CT molecular complexity index is 190. The molecule has 3 nitrogen and oxygen atoms in total. The van der Waals surface area contributed by atoms with E-state index in [0.717, 1.165) is 19.6 Å². The number of aliphatic hydroxyl groups excluding tert-OH is 1. The molecule has 0 spiro atoms. The van der Waals surface area contributed by atoms with Crippen LogP contribution in [0.4, 0.5) is 0 Å². The van der Waals surface area contributed by atoms with Gasteiger partial charge in [0.1, 0.15) is 0 Å². The summed E-state index contributed by atoms with van der Waals surface area (Å²) in [5.74, 6) is 0.188. The Morgan fingerprint density at radius 3 is 2.14 bits per heavy atom. The Hall–Kier alpha value is -0.700. The van der Waals surface area contributed by atoms with Crippen molar-refractivity contribution in [1.29, 1.82) is 0 Å². The molecule has 1 fully saturated rings. The van der Waals surface area contributed by atoms with Crippen LogP contribution in [0.25, 0.3) is 0 Å². The maximum Gasteiger partial charge on any atom is 0.179 e. The van der Waals surface area contributed by atoms with Gasteiger partial charge >= 0.3 is 0 Å². The molecule has 0 aromatic carbocycles. The summed E-state index contributed by atoms with van der Waals surface area (Å²) in [4.78, 5) is 4.21. The minimum Gasteiger partial charge on any atom is -0.495 e. The Balaban J connectivity index is 0.000000791. The molecule has 0 aromatic rings. The van der Waals surface area contributed by atoms with Crippen molar-refractivity contribution in [1.82, 2.24) is 9.80 Å². The fraction of sp³-hybridized carbons (Fsp3) is 0.818. The molecule has 1 aliphatic rings. The molecule has 1 aliphatic heterocycles. The minimum absolute atomic E-state index is 0.00116. The van der Waals surface area contributed by atoms with Crippen LogP contribution in [0.15, 0.2) is 12.5 Å². The molecule has 0 unspecified atom stereocenters. The zero-order valence-electron chi connectivity index (χ0n) is 10.2. The van der Waals surface area contributed by atoms with Crippen LogP contribution in [0.2, 0.25) is 0 Å². The smallest absolute Gasteiger partial charge is 0.179 e. The van der Waals surface area contributed by atoms with Gasteiger partial charge in [0.2, 0.25) is 0 Å². The topological polar surface area (TPSA) is 26.7 Å². The average molecular weight is 200 g/mol. The second-order valence-corrected chi connectivity index (χ2v) is 4.12.